The number of hydrogen-bond donors (Lipinski definition) is 1. The number of amides is 2. The van der Waals surface area contributed by atoms with Gasteiger partial charge < -0.3 is 14.8 Å². The van der Waals surface area contributed by atoms with Crippen molar-refractivity contribution >= 4 is 34.7 Å². The summed E-state index contributed by atoms with van der Waals surface area (Å²) in [5, 5.41) is 3.63. The van der Waals surface area contributed by atoms with Gasteiger partial charge in [-0.05, 0) is 30.2 Å². The molecule has 0 atom stereocenters. The Bertz CT molecular complexity index is 1020. The van der Waals surface area contributed by atoms with Gasteiger partial charge in [-0.1, -0.05) is 41.9 Å². The van der Waals surface area contributed by atoms with Gasteiger partial charge in [0.1, 0.15) is 11.4 Å². The van der Waals surface area contributed by atoms with Gasteiger partial charge in [-0.3, -0.25) is 19.4 Å². The number of imide groups is 1. The van der Waals surface area contributed by atoms with Crippen LogP contribution in [0.2, 0.25) is 5.02 Å². The number of carbonyl (C=O) groups is 2. The van der Waals surface area contributed by atoms with Crippen LogP contribution in [0.4, 0.5) is 5.69 Å². The van der Waals surface area contributed by atoms with Gasteiger partial charge in [-0.25, -0.2) is 0 Å². The van der Waals surface area contributed by atoms with Crippen molar-refractivity contribution in [1.29, 1.82) is 0 Å². The van der Waals surface area contributed by atoms with Crippen molar-refractivity contribution in [2.24, 2.45) is 0 Å². The van der Waals surface area contributed by atoms with E-state index in [1.165, 1.54) is 4.90 Å². The third-order valence-electron chi connectivity index (χ3n) is 5.61. The summed E-state index contributed by atoms with van der Waals surface area (Å²) < 4.78 is 10.8. The lowest BCUT2D eigenvalue weighted by atomic mass is 10.0. The highest BCUT2D eigenvalue weighted by atomic mass is 35.5. The topological polar surface area (TPSA) is 71.1 Å². The molecule has 1 fully saturated rings. The Morgan fingerprint density at radius 2 is 1.78 bits per heavy atom. The summed E-state index contributed by atoms with van der Waals surface area (Å²) in [6.07, 6.45) is 0.702. The Labute approximate surface area is 192 Å². The van der Waals surface area contributed by atoms with Crippen LogP contribution in [0.15, 0.2) is 54.2 Å². The van der Waals surface area contributed by atoms with Crippen molar-refractivity contribution in [1.82, 2.24) is 9.80 Å². The molecule has 2 heterocycles. The smallest absolute Gasteiger partial charge is 0.278 e. The lowest BCUT2D eigenvalue weighted by Gasteiger charge is -2.27. The van der Waals surface area contributed by atoms with Crippen LogP contribution in [0.1, 0.15) is 12.0 Å². The number of hydrogen-bond acceptors (Lipinski definition) is 6. The van der Waals surface area contributed by atoms with Crippen LogP contribution in [-0.4, -0.2) is 68.1 Å². The number of nitrogens with zero attached hydrogens (tertiary/aromatic N) is 2. The largest absolute Gasteiger partial charge is 0.495 e. The summed E-state index contributed by atoms with van der Waals surface area (Å²) in [4.78, 5) is 30.3. The molecular formula is C24H26ClN3O4. The van der Waals surface area contributed by atoms with Gasteiger partial charge in [-0.15, -0.1) is 0 Å². The summed E-state index contributed by atoms with van der Waals surface area (Å²) in [5.74, 6) is -0.121. The van der Waals surface area contributed by atoms with E-state index in [1.54, 1.807) is 25.3 Å². The number of halogens is 1. The van der Waals surface area contributed by atoms with E-state index in [-0.39, 0.29) is 17.5 Å². The second-order valence-electron chi connectivity index (χ2n) is 7.66. The maximum absolute atomic E-state index is 13.3. The van der Waals surface area contributed by atoms with E-state index in [1.807, 2.05) is 30.3 Å². The first kappa shape index (κ1) is 22.3. The van der Waals surface area contributed by atoms with E-state index in [9.17, 15) is 9.59 Å². The minimum absolute atomic E-state index is 0.230. The molecule has 8 heteroatoms. The fourth-order valence-corrected chi connectivity index (χ4v) is 4.13. The average molecular weight is 456 g/mol. The first-order chi connectivity index (χ1) is 15.6. The van der Waals surface area contributed by atoms with E-state index < -0.39 is 0 Å². The zero-order valence-corrected chi connectivity index (χ0v) is 18.7. The Hall–Kier alpha value is -2.87. The molecule has 2 aliphatic heterocycles. The number of ether oxygens (including phenoxy) is 2. The predicted octanol–water partition coefficient (Wildman–Crippen LogP) is 3.26. The molecule has 7 nitrogen and oxygen atoms in total. The van der Waals surface area contributed by atoms with Crippen LogP contribution < -0.4 is 10.1 Å². The number of methoxy groups -OCH3 is 1. The highest BCUT2D eigenvalue weighted by Crippen LogP contribution is 2.34. The summed E-state index contributed by atoms with van der Waals surface area (Å²) in [6, 6.07) is 14.3. The maximum atomic E-state index is 13.3. The molecule has 0 radical (unpaired) electrons. The first-order valence-corrected chi connectivity index (χ1v) is 11.0. The highest BCUT2D eigenvalue weighted by Gasteiger charge is 2.39. The van der Waals surface area contributed by atoms with E-state index >= 15 is 0 Å². The molecule has 2 amide bonds. The highest BCUT2D eigenvalue weighted by molar-refractivity contribution is 6.36. The van der Waals surface area contributed by atoms with Crippen molar-refractivity contribution in [2.45, 2.75) is 6.42 Å². The fourth-order valence-electron chi connectivity index (χ4n) is 3.96. The normalized spacial score (nSPS) is 17.2. The van der Waals surface area contributed by atoms with Crippen LogP contribution in [-0.2, 0) is 14.3 Å². The molecule has 0 aliphatic carbocycles. The maximum Gasteiger partial charge on any atom is 0.278 e. The number of carbonyl (C=O) groups excluding carboxylic acids is 2. The third-order valence-corrected chi connectivity index (χ3v) is 5.85. The molecule has 0 unspecified atom stereocenters. The predicted molar refractivity (Wildman–Crippen MR) is 124 cm³/mol. The van der Waals surface area contributed by atoms with Gasteiger partial charge in [0.25, 0.3) is 11.8 Å². The number of nitrogens with one attached hydrogen (secondary N) is 1. The van der Waals surface area contributed by atoms with E-state index in [0.29, 0.717) is 40.6 Å². The molecule has 0 saturated carbocycles. The van der Waals surface area contributed by atoms with Gasteiger partial charge in [0.05, 0.1) is 31.6 Å². The molecular weight excluding hydrogens is 430 g/mol. The Morgan fingerprint density at radius 3 is 2.50 bits per heavy atom. The standard InChI is InChI=1S/C24H26ClN3O4/c1-31-20-9-8-18(25)16-19(20)26-22-21(17-6-3-2-4-7-17)23(29)28(24(22)30)11-5-10-27-12-14-32-15-13-27/h2-4,6-9,16,26H,5,10-15H2,1H3. The van der Waals surface area contributed by atoms with Crippen molar-refractivity contribution in [2.75, 3.05) is 51.8 Å². The number of anilines is 1. The summed E-state index contributed by atoms with van der Waals surface area (Å²) in [5.41, 5.74) is 1.79. The molecule has 32 heavy (non-hydrogen) atoms. The first-order valence-electron chi connectivity index (χ1n) is 10.6. The molecule has 1 saturated heterocycles. The summed E-state index contributed by atoms with van der Waals surface area (Å²) in [6.45, 7) is 4.34. The van der Waals surface area contributed by atoms with Gasteiger partial charge in [-0.2, -0.15) is 0 Å². The Morgan fingerprint density at radius 1 is 1.03 bits per heavy atom. The van der Waals surface area contributed by atoms with Crippen LogP contribution >= 0.6 is 11.6 Å². The fraction of sp³-hybridized carbons (Fsp3) is 0.333. The lowest BCUT2D eigenvalue weighted by Crippen LogP contribution is -2.39. The minimum atomic E-state index is -0.349. The SMILES string of the molecule is COc1ccc(Cl)cc1NC1=C(c2ccccc2)C(=O)N(CCCN2CCOCC2)C1=O. The van der Waals surface area contributed by atoms with Crippen LogP contribution in [0, 0.1) is 0 Å². The second-order valence-corrected chi connectivity index (χ2v) is 8.09. The van der Waals surface area contributed by atoms with E-state index in [2.05, 4.69) is 10.2 Å². The molecule has 1 N–H and O–H groups in total. The van der Waals surface area contributed by atoms with Gasteiger partial charge in [0, 0.05) is 31.2 Å². The zero-order valence-electron chi connectivity index (χ0n) is 18.0. The van der Waals surface area contributed by atoms with Crippen molar-refractivity contribution in [3.05, 3.63) is 64.8 Å². The zero-order chi connectivity index (χ0) is 22.5. The quantitative estimate of drug-likeness (QED) is 0.616. The monoisotopic (exact) mass is 455 g/mol. The van der Waals surface area contributed by atoms with Crippen molar-refractivity contribution in [3.63, 3.8) is 0 Å². The Kier molecular flexibility index (Phi) is 7.09. The van der Waals surface area contributed by atoms with Crippen LogP contribution in [0.3, 0.4) is 0 Å². The number of benzene rings is 2. The molecule has 0 spiro atoms. The van der Waals surface area contributed by atoms with E-state index in [4.69, 9.17) is 21.1 Å². The second kappa shape index (κ2) is 10.2. The molecule has 0 bridgehead atoms. The van der Waals surface area contributed by atoms with Crippen LogP contribution in [0.25, 0.3) is 5.57 Å². The van der Waals surface area contributed by atoms with Crippen molar-refractivity contribution < 1.29 is 19.1 Å². The number of rotatable bonds is 8. The van der Waals surface area contributed by atoms with Gasteiger partial charge in [0.2, 0.25) is 0 Å². The van der Waals surface area contributed by atoms with Gasteiger partial charge in [0.15, 0.2) is 0 Å². The van der Waals surface area contributed by atoms with Gasteiger partial charge >= 0.3 is 0 Å². The molecule has 0 aromatic heterocycles. The molecule has 168 valence electrons. The molecule has 2 aromatic carbocycles. The minimum Gasteiger partial charge on any atom is -0.495 e. The number of morpholine rings is 1. The average Bonchev–Trinajstić information content (AvgIpc) is 3.04. The summed E-state index contributed by atoms with van der Waals surface area (Å²) >= 11 is 6.16. The lowest BCUT2D eigenvalue weighted by molar-refractivity contribution is -0.136. The molecule has 2 aromatic rings. The molecule has 4 rings (SSSR count). The van der Waals surface area contributed by atoms with E-state index in [0.717, 1.165) is 32.8 Å². The Balaban J connectivity index is 1.59. The summed E-state index contributed by atoms with van der Waals surface area (Å²) in [7, 11) is 1.54. The molecule has 2 aliphatic rings. The third kappa shape index (κ3) is 4.80. The van der Waals surface area contributed by atoms with Crippen LogP contribution in [0.5, 0.6) is 5.75 Å². The van der Waals surface area contributed by atoms with Crippen molar-refractivity contribution in [3.8, 4) is 5.75 Å².